The molecule has 0 saturated carbocycles. The summed E-state index contributed by atoms with van der Waals surface area (Å²) < 4.78 is 10.3. The number of hydrogen-bond donors (Lipinski definition) is 1. The third-order valence-electron chi connectivity index (χ3n) is 3.30. The average Bonchev–Trinajstić information content (AvgIpc) is 2.78. The fraction of sp³-hybridized carbons (Fsp3) is 0.909. The van der Waals surface area contributed by atoms with Crippen LogP contribution in [0.3, 0.4) is 0 Å². The van der Waals surface area contributed by atoms with Gasteiger partial charge < -0.3 is 19.0 Å². The highest BCUT2D eigenvalue weighted by molar-refractivity contribution is 8.09. The van der Waals surface area contributed by atoms with Crippen molar-refractivity contribution in [3.63, 3.8) is 0 Å². The van der Waals surface area contributed by atoms with Crippen LogP contribution in [0.5, 0.6) is 0 Å². The van der Waals surface area contributed by atoms with Gasteiger partial charge >= 0.3 is 0 Å². The van der Waals surface area contributed by atoms with E-state index in [0.29, 0.717) is 19.4 Å². The first-order chi connectivity index (χ1) is 8.81. The monoisotopic (exact) mass is 305 g/mol. The number of nitrogens with zero attached hydrogens (tertiary/aromatic N) is 1. The van der Waals surface area contributed by atoms with Gasteiger partial charge in [0, 0.05) is 18.6 Å². The van der Waals surface area contributed by atoms with E-state index in [2.05, 4.69) is 0 Å². The molecule has 1 saturated heterocycles. The highest BCUT2D eigenvalue weighted by atomic mass is 32.5. The molecule has 0 aromatic heterocycles. The smallest absolute Gasteiger partial charge is 0.283 e. The Labute approximate surface area is 121 Å². The van der Waals surface area contributed by atoms with Crippen molar-refractivity contribution < 1.29 is 18.9 Å². The molecule has 2 radical (unpaired) electrons. The lowest BCUT2D eigenvalue weighted by Gasteiger charge is -2.27. The fourth-order valence-electron chi connectivity index (χ4n) is 1.98. The summed E-state index contributed by atoms with van der Waals surface area (Å²) in [6, 6.07) is -0.130. The van der Waals surface area contributed by atoms with E-state index < -0.39 is 6.49 Å². The highest BCUT2D eigenvalue weighted by Gasteiger charge is 2.35. The molecule has 1 amide bonds. The number of likely N-dealkylation sites (tertiary alicyclic amines) is 1. The first-order valence-electron chi connectivity index (χ1n) is 6.43. The average molecular weight is 305 g/mol. The summed E-state index contributed by atoms with van der Waals surface area (Å²) in [6.07, 6.45) is 0.848. The van der Waals surface area contributed by atoms with Gasteiger partial charge in [0.05, 0.1) is 18.8 Å². The second-order valence-electron chi connectivity index (χ2n) is 5.00. The fourth-order valence-corrected chi connectivity index (χ4v) is 2.85. The van der Waals surface area contributed by atoms with E-state index >= 15 is 0 Å². The molecule has 19 heavy (non-hydrogen) atoms. The number of rotatable bonds is 6. The van der Waals surface area contributed by atoms with Crippen molar-refractivity contribution in [1.82, 2.24) is 4.90 Å². The lowest BCUT2D eigenvalue weighted by Crippen LogP contribution is -2.38. The SMILES string of the molecule is [B]OC1CC(COP(O)(=S)C(C)C)N(C(=O)CC)C1. The van der Waals surface area contributed by atoms with Crippen LogP contribution in [0, 0.1) is 0 Å². The summed E-state index contributed by atoms with van der Waals surface area (Å²) in [4.78, 5) is 23.5. The molecule has 0 aliphatic carbocycles. The molecule has 8 heteroatoms. The molecule has 108 valence electrons. The second kappa shape index (κ2) is 7.18. The lowest BCUT2D eigenvalue weighted by molar-refractivity contribution is -0.132. The lowest BCUT2D eigenvalue weighted by atomic mass is 10.2. The molecule has 1 aliphatic heterocycles. The maximum atomic E-state index is 11.8. The Bertz CT molecular complexity index is 369. The van der Waals surface area contributed by atoms with E-state index in [-0.39, 0.29) is 30.3 Å². The van der Waals surface area contributed by atoms with Crippen LogP contribution in [-0.2, 0) is 25.8 Å². The Balaban J connectivity index is 2.64. The van der Waals surface area contributed by atoms with Crippen LogP contribution < -0.4 is 0 Å². The minimum absolute atomic E-state index is 0.0314. The zero-order valence-electron chi connectivity index (χ0n) is 11.6. The molecular weight excluding hydrogens is 284 g/mol. The zero-order valence-corrected chi connectivity index (χ0v) is 13.3. The first-order valence-corrected chi connectivity index (χ1v) is 9.18. The van der Waals surface area contributed by atoms with Crippen molar-refractivity contribution in [3.05, 3.63) is 0 Å². The van der Waals surface area contributed by atoms with Gasteiger partial charge in [0.15, 0.2) is 6.49 Å². The number of carbonyl (C=O) groups excluding carboxylic acids is 1. The molecule has 0 aromatic rings. The van der Waals surface area contributed by atoms with Gasteiger partial charge in [-0.3, -0.25) is 4.79 Å². The van der Waals surface area contributed by atoms with Crippen LogP contribution in [0.1, 0.15) is 33.6 Å². The summed E-state index contributed by atoms with van der Waals surface area (Å²) in [5.41, 5.74) is -0.0965. The maximum absolute atomic E-state index is 11.8. The van der Waals surface area contributed by atoms with Crippen molar-refractivity contribution in [3.8, 4) is 0 Å². The van der Waals surface area contributed by atoms with Gasteiger partial charge in [0.2, 0.25) is 5.91 Å². The summed E-state index contributed by atoms with van der Waals surface area (Å²) in [5, 5.41) is 0. The Morgan fingerprint density at radius 3 is 2.74 bits per heavy atom. The largest absolute Gasteiger partial charge is 0.443 e. The number of hydrogen-bond acceptors (Lipinski definition) is 4. The molecule has 3 unspecified atom stereocenters. The van der Waals surface area contributed by atoms with Gasteiger partial charge in [-0.2, -0.15) is 0 Å². The predicted octanol–water partition coefficient (Wildman–Crippen LogP) is 1.19. The van der Waals surface area contributed by atoms with E-state index in [1.165, 1.54) is 0 Å². The van der Waals surface area contributed by atoms with Crippen molar-refractivity contribution in [1.29, 1.82) is 0 Å². The quantitative estimate of drug-likeness (QED) is 0.590. The van der Waals surface area contributed by atoms with Crippen LogP contribution in [-0.4, -0.2) is 54.7 Å². The van der Waals surface area contributed by atoms with Gasteiger partial charge in [-0.1, -0.05) is 20.8 Å². The van der Waals surface area contributed by atoms with Crippen LogP contribution in [0.2, 0.25) is 0 Å². The van der Waals surface area contributed by atoms with E-state index in [1.807, 2.05) is 13.8 Å². The van der Waals surface area contributed by atoms with Crippen molar-refractivity contribution in [2.75, 3.05) is 13.2 Å². The molecule has 1 rings (SSSR count). The molecule has 3 atom stereocenters. The Morgan fingerprint density at radius 2 is 2.26 bits per heavy atom. The Hall–Kier alpha value is 0.0649. The van der Waals surface area contributed by atoms with Crippen LogP contribution in [0.15, 0.2) is 0 Å². The third kappa shape index (κ3) is 4.53. The van der Waals surface area contributed by atoms with Gasteiger partial charge in [0.25, 0.3) is 8.05 Å². The number of carbonyl (C=O) groups is 1. The predicted molar refractivity (Wildman–Crippen MR) is 78.6 cm³/mol. The third-order valence-corrected chi connectivity index (χ3v) is 6.70. The molecule has 5 nitrogen and oxygen atoms in total. The molecule has 0 aromatic carbocycles. The zero-order chi connectivity index (χ0) is 14.6. The van der Waals surface area contributed by atoms with E-state index in [4.69, 9.17) is 29.0 Å². The molecule has 1 heterocycles. The second-order valence-corrected chi connectivity index (χ2v) is 8.99. The van der Waals surface area contributed by atoms with Gasteiger partial charge in [-0.25, -0.2) is 0 Å². The Kier molecular flexibility index (Phi) is 6.47. The topological polar surface area (TPSA) is 59.0 Å². The van der Waals surface area contributed by atoms with Gasteiger partial charge in [-0.15, -0.1) is 0 Å². The highest BCUT2D eigenvalue weighted by Crippen LogP contribution is 2.47. The van der Waals surface area contributed by atoms with E-state index in [0.717, 1.165) is 0 Å². The molecular formula is C11H21BNO4PS. The van der Waals surface area contributed by atoms with Crippen LogP contribution in [0.25, 0.3) is 0 Å². The summed E-state index contributed by atoms with van der Waals surface area (Å²) >= 11 is 5.08. The van der Waals surface area contributed by atoms with E-state index in [1.54, 1.807) is 11.8 Å². The van der Waals surface area contributed by atoms with Crippen LogP contribution >= 0.6 is 6.49 Å². The van der Waals surface area contributed by atoms with Crippen LogP contribution in [0.4, 0.5) is 0 Å². The molecule has 0 bridgehead atoms. The normalized spacial score (nSPS) is 26.7. The van der Waals surface area contributed by atoms with Crippen molar-refractivity contribution >= 4 is 32.3 Å². The standard InChI is InChI=1S/C11H21BNO4PS/c1-4-11(14)13-6-10(17-12)5-9(13)7-16-18(15,19)8(2)3/h8-10H,4-7H2,1-3H3,(H,15,19). The number of amides is 1. The molecule has 1 fully saturated rings. The summed E-state index contributed by atoms with van der Waals surface area (Å²) in [7, 11) is 5.19. The van der Waals surface area contributed by atoms with Crippen molar-refractivity contribution in [2.45, 2.75) is 51.4 Å². The van der Waals surface area contributed by atoms with Gasteiger partial charge in [0.1, 0.15) is 0 Å². The minimum atomic E-state index is -2.79. The summed E-state index contributed by atoms with van der Waals surface area (Å²) in [6.45, 7) is 3.38. The first kappa shape index (κ1) is 17.1. The molecule has 0 spiro atoms. The van der Waals surface area contributed by atoms with E-state index in [9.17, 15) is 9.69 Å². The van der Waals surface area contributed by atoms with Gasteiger partial charge in [-0.05, 0) is 18.2 Å². The molecule has 1 N–H and O–H groups in total. The maximum Gasteiger partial charge on any atom is 0.283 e. The molecule has 1 aliphatic rings. The Morgan fingerprint density at radius 1 is 1.63 bits per heavy atom. The minimum Gasteiger partial charge on any atom is -0.443 e. The van der Waals surface area contributed by atoms with Crippen molar-refractivity contribution in [2.24, 2.45) is 0 Å². The summed E-state index contributed by atoms with van der Waals surface area (Å²) in [5.74, 6) is 0.0314.